The average Bonchev–Trinajstić information content (AvgIpc) is 2.45. The summed E-state index contributed by atoms with van der Waals surface area (Å²) in [6, 6.07) is 6.65. The summed E-state index contributed by atoms with van der Waals surface area (Å²) in [4.78, 5) is 25.3. The number of anilines is 1. The standard InChI is InChI=1S/C16H22N2O5S/c1-11-6-7-13(16(20)21)10-18(11)15(19)9-12-4-3-5-14(8-12)17-24(2,22)23/h3-5,8,11,13,17H,6-7,9-10H2,1-2H3,(H,20,21). The number of nitrogens with one attached hydrogen (secondary N) is 1. The van der Waals surface area contributed by atoms with Crippen molar-refractivity contribution < 1.29 is 23.1 Å². The number of nitrogens with zero attached hydrogens (tertiary/aromatic N) is 1. The van der Waals surface area contributed by atoms with Gasteiger partial charge in [0.1, 0.15) is 0 Å². The van der Waals surface area contributed by atoms with E-state index >= 15 is 0 Å². The number of sulfonamides is 1. The summed E-state index contributed by atoms with van der Waals surface area (Å²) in [5.74, 6) is -1.55. The third-order valence-corrected chi connectivity index (χ3v) is 4.74. The third-order valence-electron chi connectivity index (χ3n) is 4.14. The van der Waals surface area contributed by atoms with E-state index in [9.17, 15) is 18.0 Å². The molecule has 0 saturated carbocycles. The molecule has 24 heavy (non-hydrogen) atoms. The summed E-state index contributed by atoms with van der Waals surface area (Å²) in [5, 5.41) is 9.16. The van der Waals surface area contributed by atoms with Crippen LogP contribution in [0.15, 0.2) is 24.3 Å². The zero-order chi connectivity index (χ0) is 17.9. The molecule has 2 N–H and O–H groups in total. The highest BCUT2D eigenvalue weighted by atomic mass is 32.2. The highest BCUT2D eigenvalue weighted by Crippen LogP contribution is 2.23. The third kappa shape index (κ3) is 4.95. The Bertz CT molecular complexity index is 732. The van der Waals surface area contributed by atoms with Crippen LogP contribution in [0.2, 0.25) is 0 Å². The Morgan fingerprint density at radius 2 is 2.04 bits per heavy atom. The summed E-state index contributed by atoms with van der Waals surface area (Å²) in [6.45, 7) is 2.13. The van der Waals surface area contributed by atoms with Gasteiger partial charge in [0.05, 0.1) is 18.6 Å². The van der Waals surface area contributed by atoms with Gasteiger partial charge in [-0.1, -0.05) is 12.1 Å². The molecule has 1 fully saturated rings. The summed E-state index contributed by atoms with van der Waals surface area (Å²) in [6.07, 6.45) is 2.41. The maximum absolute atomic E-state index is 12.5. The summed E-state index contributed by atoms with van der Waals surface area (Å²) < 4.78 is 24.9. The molecule has 0 aromatic heterocycles. The molecule has 1 aromatic carbocycles. The molecular formula is C16H22N2O5S. The first-order valence-electron chi connectivity index (χ1n) is 7.74. The van der Waals surface area contributed by atoms with Gasteiger partial charge in [0.15, 0.2) is 0 Å². The van der Waals surface area contributed by atoms with Crippen molar-refractivity contribution in [3.63, 3.8) is 0 Å². The van der Waals surface area contributed by atoms with Crippen LogP contribution < -0.4 is 4.72 Å². The van der Waals surface area contributed by atoms with Crippen molar-refractivity contribution in [2.75, 3.05) is 17.5 Å². The molecule has 0 radical (unpaired) electrons. The van der Waals surface area contributed by atoms with Crippen LogP contribution in [-0.2, 0) is 26.0 Å². The lowest BCUT2D eigenvalue weighted by Crippen LogP contribution is -2.47. The Balaban J connectivity index is 2.08. The predicted molar refractivity (Wildman–Crippen MR) is 90.1 cm³/mol. The zero-order valence-electron chi connectivity index (χ0n) is 13.7. The van der Waals surface area contributed by atoms with E-state index in [0.29, 0.717) is 24.1 Å². The fourth-order valence-corrected chi connectivity index (χ4v) is 3.45. The zero-order valence-corrected chi connectivity index (χ0v) is 14.5. The lowest BCUT2D eigenvalue weighted by Gasteiger charge is -2.36. The van der Waals surface area contributed by atoms with Gasteiger partial charge < -0.3 is 10.0 Å². The maximum Gasteiger partial charge on any atom is 0.308 e. The van der Waals surface area contributed by atoms with Crippen molar-refractivity contribution in [1.82, 2.24) is 4.90 Å². The molecule has 7 nitrogen and oxygen atoms in total. The molecule has 2 rings (SSSR count). The van der Waals surface area contributed by atoms with Gasteiger partial charge in [0, 0.05) is 18.3 Å². The van der Waals surface area contributed by atoms with Crippen molar-refractivity contribution in [3.8, 4) is 0 Å². The first kappa shape index (κ1) is 18.3. The van der Waals surface area contributed by atoms with E-state index in [1.54, 1.807) is 29.2 Å². The van der Waals surface area contributed by atoms with Gasteiger partial charge in [-0.3, -0.25) is 14.3 Å². The number of carbonyl (C=O) groups excluding carboxylic acids is 1. The number of hydrogen-bond acceptors (Lipinski definition) is 4. The quantitative estimate of drug-likeness (QED) is 0.830. The molecule has 0 bridgehead atoms. The van der Waals surface area contributed by atoms with Crippen molar-refractivity contribution in [2.45, 2.75) is 32.2 Å². The Morgan fingerprint density at radius 3 is 2.67 bits per heavy atom. The number of carbonyl (C=O) groups is 2. The van der Waals surface area contributed by atoms with E-state index in [1.165, 1.54) is 0 Å². The molecule has 132 valence electrons. The van der Waals surface area contributed by atoms with Crippen LogP contribution in [0, 0.1) is 5.92 Å². The second-order valence-corrected chi connectivity index (χ2v) is 8.01. The number of likely N-dealkylation sites (tertiary alicyclic amines) is 1. The first-order valence-corrected chi connectivity index (χ1v) is 9.64. The van der Waals surface area contributed by atoms with Gasteiger partial charge in [0.2, 0.25) is 15.9 Å². The van der Waals surface area contributed by atoms with Crippen molar-refractivity contribution in [1.29, 1.82) is 0 Å². The normalized spacial score (nSPS) is 21.3. The maximum atomic E-state index is 12.5. The van der Waals surface area contributed by atoms with E-state index in [-0.39, 0.29) is 24.9 Å². The number of piperidine rings is 1. The fraction of sp³-hybridized carbons (Fsp3) is 0.500. The van der Waals surface area contributed by atoms with Crippen LogP contribution in [-0.4, -0.2) is 49.1 Å². The number of carboxylic acids is 1. The SMILES string of the molecule is CC1CCC(C(=O)O)CN1C(=O)Cc1cccc(NS(C)(=O)=O)c1. The van der Waals surface area contributed by atoms with Crippen LogP contribution in [0.5, 0.6) is 0 Å². The van der Waals surface area contributed by atoms with Crippen LogP contribution in [0.25, 0.3) is 0 Å². The van der Waals surface area contributed by atoms with E-state index in [1.807, 2.05) is 6.92 Å². The predicted octanol–water partition coefficient (Wildman–Crippen LogP) is 1.31. The number of rotatable bonds is 5. The van der Waals surface area contributed by atoms with Crippen molar-refractivity contribution in [3.05, 3.63) is 29.8 Å². The highest BCUT2D eigenvalue weighted by molar-refractivity contribution is 7.92. The first-order chi connectivity index (χ1) is 11.2. The molecule has 1 saturated heterocycles. The largest absolute Gasteiger partial charge is 0.481 e. The summed E-state index contributed by atoms with van der Waals surface area (Å²) >= 11 is 0. The van der Waals surface area contributed by atoms with E-state index in [2.05, 4.69) is 4.72 Å². The molecule has 1 aliphatic heterocycles. The monoisotopic (exact) mass is 354 g/mol. The Kier molecular flexibility index (Phi) is 5.48. The second kappa shape index (κ2) is 7.21. The minimum absolute atomic E-state index is 0.00503. The van der Waals surface area contributed by atoms with Gasteiger partial charge in [-0.05, 0) is 37.5 Å². The molecule has 1 aromatic rings. The van der Waals surface area contributed by atoms with Crippen LogP contribution >= 0.6 is 0 Å². The number of benzene rings is 1. The molecule has 1 heterocycles. The van der Waals surface area contributed by atoms with Crippen LogP contribution in [0.3, 0.4) is 0 Å². The molecule has 1 aliphatic rings. The lowest BCUT2D eigenvalue weighted by atomic mass is 9.93. The van der Waals surface area contributed by atoms with Gasteiger partial charge in [-0.25, -0.2) is 8.42 Å². The molecule has 2 atom stereocenters. The number of amides is 1. The molecule has 0 aliphatic carbocycles. The van der Waals surface area contributed by atoms with Gasteiger partial charge in [0.25, 0.3) is 0 Å². The minimum atomic E-state index is -3.38. The van der Waals surface area contributed by atoms with Crippen LogP contribution in [0.4, 0.5) is 5.69 Å². The topological polar surface area (TPSA) is 104 Å². The van der Waals surface area contributed by atoms with Gasteiger partial charge in [-0.15, -0.1) is 0 Å². The van der Waals surface area contributed by atoms with E-state index in [4.69, 9.17) is 5.11 Å². The highest BCUT2D eigenvalue weighted by Gasteiger charge is 2.32. The van der Waals surface area contributed by atoms with Crippen molar-refractivity contribution >= 4 is 27.6 Å². The molecule has 1 amide bonds. The van der Waals surface area contributed by atoms with Gasteiger partial charge >= 0.3 is 5.97 Å². The molecular weight excluding hydrogens is 332 g/mol. The minimum Gasteiger partial charge on any atom is -0.481 e. The molecule has 2 unspecified atom stereocenters. The number of carboxylic acid groups (broad SMARTS) is 1. The Labute approximate surface area is 141 Å². The van der Waals surface area contributed by atoms with E-state index in [0.717, 1.165) is 6.26 Å². The lowest BCUT2D eigenvalue weighted by molar-refractivity contribution is -0.147. The Morgan fingerprint density at radius 1 is 1.33 bits per heavy atom. The fourth-order valence-electron chi connectivity index (χ4n) is 2.89. The summed E-state index contributed by atoms with van der Waals surface area (Å²) in [7, 11) is -3.38. The smallest absolute Gasteiger partial charge is 0.308 e. The average molecular weight is 354 g/mol. The number of aliphatic carboxylic acids is 1. The number of hydrogen-bond donors (Lipinski definition) is 2. The van der Waals surface area contributed by atoms with Crippen LogP contribution in [0.1, 0.15) is 25.3 Å². The Hall–Kier alpha value is -2.09. The second-order valence-electron chi connectivity index (χ2n) is 6.26. The summed E-state index contributed by atoms with van der Waals surface area (Å²) in [5.41, 5.74) is 1.08. The molecule has 0 spiro atoms. The van der Waals surface area contributed by atoms with E-state index < -0.39 is 21.9 Å². The molecule has 8 heteroatoms. The van der Waals surface area contributed by atoms with Gasteiger partial charge in [-0.2, -0.15) is 0 Å². The van der Waals surface area contributed by atoms with Crippen molar-refractivity contribution in [2.24, 2.45) is 5.92 Å².